The van der Waals surface area contributed by atoms with E-state index in [4.69, 9.17) is 26.8 Å². The van der Waals surface area contributed by atoms with Crippen LogP contribution in [0.2, 0.25) is 5.15 Å². The Bertz CT molecular complexity index is 677. The topological polar surface area (TPSA) is 86.5 Å². The molecule has 2 rings (SSSR count). The fourth-order valence-corrected chi connectivity index (χ4v) is 1.92. The van der Waals surface area contributed by atoms with E-state index in [1.165, 1.54) is 26.4 Å². The van der Waals surface area contributed by atoms with Crippen molar-refractivity contribution in [1.29, 1.82) is 0 Å². The molecule has 0 saturated heterocycles. The van der Waals surface area contributed by atoms with E-state index in [2.05, 4.69) is 10.3 Å². The second-order valence-corrected chi connectivity index (χ2v) is 4.48. The van der Waals surface area contributed by atoms with E-state index >= 15 is 0 Å². The van der Waals surface area contributed by atoms with Gasteiger partial charge in [-0.15, -0.1) is 0 Å². The Hall–Kier alpha value is -2.47. The van der Waals surface area contributed by atoms with Crippen LogP contribution in [0.1, 0.15) is 10.4 Å². The summed E-state index contributed by atoms with van der Waals surface area (Å²) in [6, 6.07) is 7.96. The van der Waals surface area contributed by atoms with Gasteiger partial charge in [0.1, 0.15) is 11.0 Å². The molecular formula is C14H14ClN3O3. The van der Waals surface area contributed by atoms with E-state index in [1.54, 1.807) is 18.2 Å². The van der Waals surface area contributed by atoms with Crippen LogP contribution in [-0.4, -0.2) is 25.1 Å². The first kappa shape index (κ1) is 14.9. The van der Waals surface area contributed by atoms with E-state index in [1.807, 2.05) is 0 Å². The highest BCUT2D eigenvalue weighted by atomic mass is 35.5. The van der Waals surface area contributed by atoms with Gasteiger partial charge in [0, 0.05) is 11.8 Å². The Labute approximate surface area is 126 Å². The van der Waals surface area contributed by atoms with Crippen molar-refractivity contribution < 1.29 is 14.3 Å². The molecule has 7 heteroatoms. The molecule has 0 fully saturated rings. The van der Waals surface area contributed by atoms with Crippen LogP contribution >= 0.6 is 11.6 Å². The number of rotatable bonds is 4. The summed E-state index contributed by atoms with van der Waals surface area (Å²) in [4.78, 5) is 16.2. The molecule has 21 heavy (non-hydrogen) atoms. The summed E-state index contributed by atoms with van der Waals surface area (Å²) in [5.41, 5.74) is 6.39. The number of carbonyl (C=O) groups excluding carboxylic acids is 1. The zero-order valence-corrected chi connectivity index (χ0v) is 12.3. The van der Waals surface area contributed by atoms with Crippen LogP contribution in [0.3, 0.4) is 0 Å². The predicted molar refractivity (Wildman–Crippen MR) is 81.2 cm³/mol. The fourth-order valence-electron chi connectivity index (χ4n) is 1.75. The number of aromatic nitrogens is 1. The minimum absolute atomic E-state index is 0.259. The van der Waals surface area contributed by atoms with Gasteiger partial charge in [0.2, 0.25) is 0 Å². The van der Waals surface area contributed by atoms with Gasteiger partial charge in [0.25, 0.3) is 5.91 Å². The fraction of sp³-hybridized carbons (Fsp3) is 0.143. The summed E-state index contributed by atoms with van der Waals surface area (Å²) < 4.78 is 10.3. The maximum atomic E-state index is 12.2. The van der Waals surface area contributed by atoms with Gasteiger partial charge in [-0.25, -0.2) is 4.98 Å². The van der Waals surface area contributed by atoms with Gasteiger partial charge in [0.05, 0.1) is 19.8 Å². The predicted octanol–water partition coefficient (Wildman–Crippen LogP) is 2.59. The number of methoxy groups -OCH3 is 2. The largest absolute Gasteiger partial charge is 0.493 e. The van der Waals surface area contributed by atoms with Crippen molar-refractivity contribution in [2.45, 2.75) is 0 Å². The summed E-state index contributed by atoms with van der Waals surface area (Å²) >= 11 is 5.77. The number of hydrogen-bond acceptors (Lipinski definition) is 5. The van der Waals surface area contributed by atoms with Gasteiger partial charge in [-0.2, -0.15) is 0 Å². The smallest absolute Gasteiger partial charge is 0.259 e. The Morgan fingerprint density at radius 1 is 1.24 bits per heavy atom. The zero-order valence-electron chi connectivity index (χ0n) is 11.5. The number of pyridine rings is 1. The maximum absolute atomic E-state index is 12.2. The van der Waals surface area contributed by atoms with E-state index < -0.39 is 5.91 Å². The van der Waals surface area contributed by atoms with Crippen molar-refractivity contribution in [1.82, 2.24) is 4.98 Å². The lowest BCUT2D eigenvalue weighted by molar-refractivity contribution is 0.102. The maximum Gasteiger partial charge on any atom is 0.259 e. The van der Waals surface area contributed by atoms with Gasteiger partial charge in [0.15, 0.2) is 11.5 Å². The second kappa shape index (κ2) is 6.32. The van der Waals surface area contributed by atoms with Crippen LogP contribution in [0, 0.1) is 0 Å². The molecule has 0 spiro atoms. The van der Waals surface area contributed by atoms with Crippen LogP contribution in [0.4, 0.5) is 11.5 Å². The molecule has 0 bridgehead atoms. The SMILES string of the molecule is COc1cc(N)c(C(=O)Nc2cccc(Cl)n2)cc1OC. The summed E-state index contributed by atoms with van der Waals surface area (Å²) in [5.74, 6) is 0.785. The van der Waals surface area contributed by atoms with Crippen molar-refractivity contribution >= 4 is 29.0 Å². The minimum Gasteiger partial charge on any atom is -0.493 e. The van der Waals surface area contributed by atoms with Crippen LogP contribution in [0.25, 0.3) is 0 Å². The third-order valence-electron chi connectivity index (χ3n) is 2.76. The normalized spacial score (nSPS) is 10.0. The Kier molecular flexibility index (Phi) is 4.49. The minimum atomic E-state index is -0.414. The molecule has 0 unspecified atom stereocenters. The molecule has 1 aromatic heterocycles. The number of nitrogen functional groups attached to an aromatic ring is 1. The molecule has 0 radical (unpaired) electrons. The van der Waals surface area contributed by atoms with Crippen molar-refractivity contribution in [3.63, 3.8) is 0 Å². The van der Waals surface area contributed by atoms with Gasteiger partial charge < -0.3 is 20.5 Å². The van der Waals surface area contributed by atoms with Crippen molar-refractivity contribution in [2.24, 2.45) is 0 Å². The molecule has 0 aliphatic carbocycles. The molecule has 110 valence electrons. The Morgan fingerprint density at radius 2 is 1.90 bits per heavy atom. The highest BCUT2D eigenvalue weighted by molar-refractivity contribution is 6.29. The van der Waals surface area contributed by atoms with Crippen molar-refractivity contribution in [3.05, 3.63) is 41.0 Å². The van der Waals surface area contributed by atoms with E-state index in [0.29, 0.717) is 17.3 Å². The van der Waals surface area contributed by atoms with Gasteiger partial charge in [-0.3, -0.25) is 4.79 Å². The summed E-state index contributed by atoms with van der Waals surface area (Å²) in [6.07, 6.45) is 0. The standard InChI is InChI=1S/C14H14ClN3O3/c1-20-10-6-8(9(16)7-11(10)21-2)14(19)18-13-5-3-4-12(15)17-13/h3-7H,16H2,1-2H3,(H,17,18,19). The monoisotopic (exact) mass is 307 g/mol. The summed E-state index contributed by atoms with van der Waals surface area (Å²) in [5, 5.41) is 2.90. The number of halogens is 1. The number of hydrogen-bond donors (Lipinski definition) is 2. The number of nitrogens with zero attached hydrogens (tertiary/aromatic N) is 1. The average molecular weight is 308 g/mol. The lowest BCUT2D eigenvalue weighted by atomic mass is 10.1. The number of benzene rings is 1. The van der Waals surface area contributed by atoms with Gasteiger partial charge in [-0.1, -0.05) is 17.7 Å². The molecule has 1 heterocycles. The number of nitrogens with one attached hydrogen (secondary N) is 1. The quantitative estimate of drug-likeness (QED) is 0.669. The molecular weight excluding hydrogens is 294 g/mol. The van der Waals surface area contributed by atoms with Crippen LogP contribution in [0.15, 0.2) is 30.3 Å². The zero-order chi connectivity index (χ0) is 15.4. The molecule has 3 N–H and O–H groups in total. The van der Waals surface area contributed by atoms with Crippen LogP contribution in [-0.2, 0) is 0 Å². The van der Waals surface area contributed by atoms with Crippen molar-refractivity contribution in [2.75, 3.05) is 25.3 Å². The average Bonchev–Trinajstić information content (AvgIpc) is 2.46. The molecule has 0 saturated carbocycles. The highest BCUT2D eigenvalue weighted by Gasteiger charge is 2.15. The van der Waals surface area contributed by atoms with Crippen LogP contribution < -0.4 is 20.5 Å². The number of ether oxygens (including phenoxy) is 2. The van der Waals surface area contributed by atoms with E-state index in [0.717, 1.165) is 0 Å². The number of amides is 1. The third-order valence-corrected chi connectivity index (χ3v) is 2.97. The molecule has 6 nitrogen and oxygen atoms in total. The summed E-state index contributed by atoms with van der Waals surface area (Å²) in [7, 11) is 2.97. The third kappa shape index (κ3) is 3.35. The second-order valence-electron chi connectivity index (χ2n) is 4.09. The first-order chi connectivity index (χ1) is 10.0. The Balaban J connectivity index is 2.31. The van der Waals surface area contributed by atoms with E-state index in [-0.39, 0.29) is 16.4 Å². The molecule has 1 amide bonds. The van der Waals surface area contributed by atoms with Crippen molar-refractivity contribution in [3.8, 4) is 11.5 Å². The molecule has 0 aliphatic heterocycles. The van der Waals surface area contributed by atoms with Gasteiger partial charge >= 0.3 is 0 Å². The number of carbonyl (C=O) groups is 1. The Morgan fingerprint density at radius 3 is 2.52 bits per heavy atom. The molecule has 2 aromatic rings. The molecule has 1 aromatic carbocycles. The molecule has 0 aliphatic rings. The van der Waals surface area contributed by atoms with Crippen LogP contribution in [0.5, 0.6) is 11.5 Å². The lowest BCUT2D eigenvalue weighted by Gasteiger charge is -2.12. The first-order valence-corrected chi connectivity index (χ1v) is 6.38. The lowest BCUT2D eigenvalue weighted by Crippen LogP contribution is -2.15. The van der Waals surface area contributed by atoms with Gasteiger partial charge in [-0.05, 0) is 18.2 Å². The highest BCUT2D eigenvalue weighted by Crippen LogP contribution is 2.32. The number of anilines is 2. The van der Waals surface area contributed by atoms with E-state index in [9.17, 15) is 4.79 Å². The first-order valence-electron chi connectivity index (χ1n) is 6.00. The number of nitrogens with two attached hydrogens (primary N) is 1. The summed E-state index contributed by atoms with van der Waals surface area (Å²) in [6.45, 7) is 0. The molecule has 0 atom stereocenters.